The summed E-state index contributed by atoms with van der Waals surface area (Å²) < 4.78 is 4.99. The van der Waals surface area contributed by atoms with Crippen LogP contribution in [0.1, 0.15) is 32.6 Å². The zero-order valence-electron chi connectivity index (χ0n) is 11.4. The molecule has 0 radical (unpaired) electrons. The lowest BCUT2D eigenvalue weighted by Crippen LogP contribution is -2.45. The van der Waals surface area contributed by atoms with Crippen molar-refractivity contribution in [2.75, 3.05) is 26.0 Å². The molecule has 2 unspecified atom stereocenters. The number of hydrazine groups is 1. The summed E-state index contributed by atoms with van der Waals surface area (Å²) in [6, 6.07) is 0.506. The molecule has 1 rings (SSSR count). The van der Waals surface area contributed by atoms with Crippen LogP contribution in [0.4, 0.5) is 0 Å². The van der Waals surface area contributed by atoms with Gasteiger partial charge in [-0.15, -0.1) is 0 Å². The van der Waals surface area contributed by atoms with E-state index >= 15 is 0 Å². The molecule has 106 valence electrons. The molecule has 4 N–H and O–H groups in total. The highest BCUT2D eigenvalue weighted by atomic mass is 32.2. The van der Waals surface area contributed by atoms with Gasteiger partial charge in [0.1, 0.15) is 0 Å². The lowest BCUT2D eigenvalue weighted by atomic mass is 10.2. The van der Waals surface area contributed by atoms with Gasteiger partial charge >= 0.3 is 0 Å². The molecule has 0 saturated heterocycles. The molecule has 0 spiro atoms. The van der Waals surface area contributed by atoms with E-state index in [1.54, 1.807) is 7.11 Å². The second kappa shape index (κ2) is 9.47. The number of rotatable bonds is 7. The predicted molar refractivity (Wildman–Crippen MR) is 78.8 cm³/mol. The van der Waals surface area contributed by atoms with Gasteiger partial charge in [0.15, 0.2) is 0 Å². The van der Waals surface area contributed by atoms with E-state index in [0.717, 1.165) is 24.8 Å². The normalized spacial score (nSPS) is 24.3. The molecular weight excluding hydrogens is 248 g/mol. The lowest BCUT2D eigenvalue weighted by Gasteiger charge is -2.15. The topological polar surface area (TPSA) is 71.7 Å². The standard InChI is InChI=1S/C12H26N4OS/c1-3-18-11-6-5-10(9-11)15-12(16-13)14-7-4-8-17-2/h10-11H,3-9,13H2,1-2H3,(H2,14,15,16). The monoisotopic (exact) mass is 274 g/mol. The van der Waals surface area contributed by atoms with Crippen LogP contribution in [0.5, 0.6) is 0 Å². The Morgan fingerprint density at radius 2 is 2.33 bits per heavy atom. The summed E-state index contributed by atoms with van der Waals surface area (Å²) in [6.07, 6.45) is 4.62. The molecule has 6 heteroatoms. The highest BCUT2D eigenvalue weighted by Crippen LogP contribution is 2.29. The van der Waals surface area contributed by atoms with Crippen molar-refractivity contribution in [1.29, 1.82) is 0 Å². The van der Waals surface area contributed by atoms with Gasteiger partial charge in [0.25, 0.3) is 0 Å². The second-order valence-electron chi connectivity index (χ2n) is 4.45. The lowest BCUT2D eigenvalue weighted by molar-refractivity contribution is 0.197. The number of ether oxygens (including phenoxy) is 1. The first-order valence-electron chi connectivity index (χ1n) is 6.68. The average molecular weight is 274 g/mol. The maximum Gasteiger partial charge on any atom is 0.205 e. The quantitative estimate of drug-likeness (QED) is 0.213. The highest BCUT2D eigenvalue weighted by molar-refractivity contribution is 7.99. The number of methoxy groups -OCH3 is 1. The summed E-state index contributed by atoms with van der Waals surface area (Å²) in [6.45, 7) is 3.69. The first-order chi connectivity index (χ1) is 8.80. The third-order valence-corrected chi connectivity index (χ3v) is 4.27. The van der Waals surface area contributed by atoms with Crippen molar-refractivity contribution in [2.45, 2.75) is 43.9 Å². The smallest absolute Gasteiger partial charge is 0.205 e. The van der Waals surface area contributed by atoms with Crippen LogP contribution >= 0.6 is 11.8 Å². The number of hydrogen-bond acceptors (Lipinski definition) is 4. The molecule has 1 aliphatic rings. The van der Waals surface area contributed by atoms with Crippen molar-refractivity contribution in [3.8, 4) is 0 Å². The van der Waals surface area contributed by atoms with Crippen LogP contribution in [0.15, 0.2) is 4.99 Å². The van der Waals surface area contributed by atoms with E-state index < -0.39 is 0 Å². The van der Waals surface area contributed by atoms with Gasteiger partial charge in [-0.1, -0.05) is 6.92 Å². The van der Waals surface area contributed by atoms with Crippen LogP contribution < -0.4 is 16.6 Å². The fourth-order valence-electron chi connectivity index (χ4n) is 2.18. The molecule has 0 aliphatic heterocycles. The van der Waals surface area contributed by atoms with E-state index in [-0.39, 0.29) is 0 Å². The fourth-order valence-corrected chi connectivity index (χ4v) is 3.33. The van der Waals surface area contributed by atoms with E-state index in [4.69, 9.17) is 10.6 Å². The van der Waals surface area contributed by atoms with Crippen molar-refractivity contribution in [3.63, 3.8) is 0 Å². The Labute approximate surface area is 114 Å². The van der Waals surface area contributed by atoms with Gasteiger partial charge in [0.05, 0.1) is 0 Å². The summed E-state index contributed by atoms with van der Waals surface area (Å²) in [5, 5.41) is 4.18. The molecule has 0 aromatic heterocycles. The summed E-state index contributed by atoms with van der Waals surface area (Å²) in [5.74, 6) is 7.38. The number of aliphatic imine (C=N–C) groups is 1. The Morgan fingerprint density at radius 1 is 1.50 bits per heavy atom. The maximum atomic E-state index is 5.48. The molecule has 0 bridgehead atoms. The number of nitrogens with zero attached hydrogens (tertiary/aromatic N) is 1. The molecule has 0 heterocycles. The Bertz CT molecular complexity index is 250. The number of guanidine groups is 1. The number of hydrogen-bond donors (Lipinski definition) is 3. The minimum absolute atomic E-state index is 0.506. The molecule has 5 nitrogen and oxygen atoms in total. The predicted octanol–water partition coefficient (Wildman–Crippen LogP) is 1.11. The molecule has 1 fully saturated rings. The van der Waals surface area contributed by atoms with Crippen molar-refractivity contribution in [3.05, 3.63) is 0 Å². The third kappa shape index (κ3) is 5.93. The SMILES string of the molecule is CCSC1CCC(NC(=NCCCOC)NN)C1. The zero-order chi connectivity index (χ0) is 13.2. The van der Waals surface area contributed by atoms with E-state index in [2.05, 4.69) is 34.4 Å². The van der Waals surface area contributed by atoms with Crippen LogP contribution in [0, 0.1) is 0 Å². The first kappa shape index (κ1) is 15.6. The minimum atomic E-state index is 0.506. The van der Waals surface area contributed by atoms with Gasteiger partial charge < -0.3 is 10.1 Å². The van der Waals surface area contributed by atoms with Gasteiger partial charge in [-0.25, -0.2) is 5.84 Å². The Kier molecular flexibility index (Phi) is 8.20. The Hall–Kier alpha value is -0.460. The zero-order valence-corrected chi connectivity index (χ0v) is 12.3. The largest absolute Gasteiger partial charge is 0.385 e. The summed E-state index contributed by atoms with van der Waals surface area (Å²) in [7, 11) is 1.70. The van der Waals surface area contributed by atoms with Gasteiger partial charge in [0.2, 0.25) is 5.96 Å². The number of nitrogens with one attached hydrogen (secondary N) is 2. The Balaban J connectivity index is 2.26. The van der Waals surface area contributed by atoms with E-state index in [1.807, 2.05) is 0 Å². The molecule has 0 aromatic carbocycles. The van der Waals surface area contributed by atoms with Crippen molar-refractivity contribution >= 4 is 17.7 Å². The van der Waals surface area contributed by atoms with Crippen molar-refractivity contribution in [2.24, 2.45) is 10.8 Å². The van der Waals surface area contributed by atoms with Crippen molar-refractivity contribution < 1.29 is 4.74 Å². The second-order valence-corrected chi connectivity index (χ2v) is 6.03. The molecule has 0 amide bonds. The maximum absolute atomic E-state index is 5.48. The van der Waals surface area contributed by atoms with Gasteiger partial charge in [-0.05, 0) is 31.4 Å². The number of nitrogens with two attached hydrogens (primary N) is 1. The average Bonchev–Trinajstić information content (AvgIpc) is 2.81. The molecular formula is C12H26N4OS. The minimum Gasteiger partial charge on any atom is -0.385 e. The third-order valence-electron chi connectivity index (χ3n) is 3.04. The molecule has 2 atom stereocenters. The Morgan fingerprint density at radius 3 is 3.00 bits per heavy atom. The van der Waals surface area contributed by atoms with Gasteiger partial charge in [-0.2, -0.15) is 11.8 Å². The van der Waals surface area contributed by atoms with Gasteiger partial charge in [0, 0.05) is 31.6 Å². The van der Waals surface area contributed by atoms with Crippen LogP contribution in [-0.2, 0) is 4.74 Å². The highest BCUT2D eigenvalue weighted by Gasteiger charge is 2.24. The van der Waals surface area contributed by atoms with Crippen LogP contribution in [-0.4, -0.2) is 43.3 Å². The van der Waals surface area contributed by atoms with E-state index in [1.165, 1.54) is 25.0 Å². The summed E-state index contributed by atoms with van der Waals surface area (Å²) in [5.41, 5.74) is 2.64. The molecule has 1 aliphatic carbocycles. The number of thioether (sulfide) groups is 1. The summed E-state index contributed by atoms with van der Waals surface area (Å²) in [4.78, 5) is 4.40. The van der Waals surface area contributed by atoms with Crippen molar-refractivity contribution in [1.82, 2.24) is 10.7 Å². The molecule has 18 heavy (non-hydrogen) atoms. The first-order valence-corrected chi connectivity index (χ1v) is 7.73. The van der Waals surface area contributed by atoms with Crippen LogP contribution in [0.2, 0.25) is 0 Å². The van der Waals surface area contributed by atoms with E-state index in [0.29, 0.717) is 12.0 Å². The fraction of sp³-hybridized carbons (Fsp3) is 0.917. The summed E-state index contributed by atoms with van der Waals surface area (Å²) >= 11 is 2.05. The van der Waals surface area contributed by atoms with Gasteiger partial charge in [-0.3, -0.25) is 10.4 Å². The molecule has 1 saturated carbocycles. The van der Waals surface area contributed by atoms with E-state index in [9.17, 15) is 0 Å². The van der Waals surface area contributed by atoms with Crippen LogP contribution in [0.3, 0.4) is 0 Å². The molecule has 0 aromatic rings. The van der Waals surface area contributed by atoms with Crippen LogP contribution in [0.25, 0.3) is 0 Å².